The lowest BCUT2D eigenvalue weighted by atomic mass is 9.85. The number of likely N-dealkylation sites (tertiary alicyclic amines) is 1. The number of rotatable bonds is 10. The maximum Gasteiger partial charge on any atom is 0.264 e. The van der Waals surface area contributed by atoms with Gasteiger partial charge in [0, 0.05) is 42.6 Å². The monoisotopic (exact) mass is 669 g/mol. The fraction of sp³-hybridized carbons (Fsp3) is 0.375. The van der Waals surface area contributed by atoms with Gasteiger partial charge in [0.15, 0.2) is 0 Å². The first kappa shape index (κ1) is 33.2. The normalized spacial score (nSPS) is 20.1. The van der Waals surface area contributed by atoms with Crippen molar-refractivity contribution in [1.29, 1.82) is 0 Å². The van der Waals surface area contributed by atoms with Gasteiger partial charge in [0.25, 0.3) is 21.8 Å². The molecule has 1 aliphatic rings. The molecule has 0 bridgehead atoms. The summed E-state index contributed by atoms with van der Waals surface area (Å²) in [6.07, 6.45) is 4.77. The first-order chi connectivity index (χ1) is 21.8. The summed E-state index contributed by atoms with van der Waals surface area (Å²) in [6, 6.07) is 10.4. The van der Waals surface area contributed by atoms with Crippen LogP contribution in [-0.4, -0.2) is 66.3 Å². The van der Waals surface area contributed by atoms with Gasteiger partial charge in [-0.15, -0.1) is 11.3 Å². The summed E-state index contributed by atoms with van der Waals surface area (Å²) in [5.74, 6) is -2.26. The number of sulfonamides is 1. The van der Waals surface area contributed by atoms with Crippen LogP contribution in [0.2, 0.25) is 0 Å². The molecule has 4 aromatic rings. The third kappa shape index (κ3) is 6.42. The molecule has 14 heteroatoms. The van der Waals surface area contributed by atoms with Gasteiger partial charge in [0.2, 0.25) is 0 Å². The van der Waals surface area contributed by atoms with Crippen molar-refractivity contribution in [2.24, 2.45) is 5.92 Å². The van der Waals surface area contributed by atoms with Crippen LogP contribution in [-0.2, 0) is 31.5 Å². The van der Waals surface area contributed by atoms with E-state index in [0.29, 0.717) is 10.8 Å². The highest BCUT2D eigenvalue weighted by atomic mass is 32.2. The number of nitrogens with zero attached hydrogens (tertiary/aromatic N) is 4. The molecule has 3 heterocycles. The number of thiazole rings is 1. The van der Waals surface area contributed by atoms with Crippen LogP contribution in [0.25, 0.3) is 0 Å². The highest BCUT2D eigenvalue weighted by Crippen LogP contribution is 2.49. The third-order valence-electron chi connectivity index (χ3n) is 8.09. The third-order valence-corrected chi connectivity index (χ3v) is 10.3. The van der Waals surface area contributed by atoms with Crippen molar-refractivity contribution in [3.8, 4) is 5.75 Å². The number of halogens is 1. The van der Waals surface area contributed by atoms with E-state index in [0.717, 1.165) is 17.7 Å². The van der Waals surface area contributed by atoms with E-state index in [1.807, 2.05) is 26.8 Å². The van der Waals surface area contributed by atoms with Crippen LogP contribution in [0.5, 0.6) is 5.75 Å². The fourth-order valence-corrected chi connectivity index (χ4v) is 7.97. The van der Waals surface area contributed by atoms with Gasteiger partial charge in [-0.05, 0) is 53.8 Å². The van der Waals surface area contributed by atoms with E-state index in [4.69, 9.17) is 9.47 Å². The molecule has 46 heavy (non-hydrogen) atoms. The number of aromatic nitrogens is 3. The quantitative estimate of drug-likeness (QED) is 0.260. The summed E-state index contributed by atoms with van der Waals surface area (Å²) >= 11 is 1.31. The molecule has 0 unspecified atom stereocenters. The minimum atomic E-state index is -4.56. The molecule has 5 rings (SSSR count). The molecule has 244 valence electrons. The number of methoxy groups -OCH3 is 2. The Morgan fingerprint density at radius 1 is 1.13 bits per heavy atom. The Kier molecular flexibility index (Phi) is 9.34. The van der Waals surface area contributed by atoms with Crippen LogP contribution in [0.4, 0.5) is 4.39 Å². The van der Waals surface area contributed by atoms with Crippen LogP contribution in [0.3, 0.4) is 0 Å². The molecule has 11 nitrogen and oxygen atoms in total. The lowest BCUT2D eigenvalue weighted by Crippen LogP contribution is -2.61. The van der Waals surface area contributed by atoms with E-state index in [-0.39, 0.29) is 30.6 Å². The van der Waals surface area contributed by atoms with Crippen LogP contribution < -0.4 is 9.46 Å². The molecule has 2 aromatic heterocycles. The molecular weight excluding hydrogens is 634 g/mol. The summed E-state index contributed by atoms with van der Waals surface area (Å²) in [6.45, 7) is 6.04. The number of ether oxygens (including phenoxy) is 2. The summed E-state index contributed by atoms with van der Waals surface area (Å²) in [5, 5.41) is 6.62. The minimum Gasteiger partial charge on any atom is -0.496 e. The Labute approximate surface area is 271 Å². The van der Waals surface area contributed by atoms with Crippen molar-refractivity contribution in [3.05, 3.63) is 94.5 Å². The number of nitrogens with one attached hydrogen (secondary N) is 1. The predicted octanol–water partition coefficient (Wildman–Crippen LogP) is 4.58. The standard InChI is InChI=1S/C32H36FN5O6S2/c1-31(2,3)25-11-10-21(16-26(25)44-5)29(39)38-27(28-34-13-15-45-28)22(19-43-4)18-32(38,20-37-14-7-12-35-37)30(40)36-46(41,42)24-9-6-8-23(33)17-24/h6-17,22,27H,18-20H2,1-5H3,(H,36,40)/t22-,27-,32-/m1/s1. The zero-order valence-electron chi connectivity index (χ0n) is 26.1. The van der Waals surface area contributed by atoms with Crippen molar-refractivity contribution in [2.75, 3.05) is 20.8 Å². The summed E-state index contributed by atoms with van der Waals surface area (Å²) in [7, 11) is -1.52. The van der Waals surface area contributed by atoms with Gasteiger partial charge in [0.1, 0.15) is 22.1 Å². The second kappa shape index (κ2) is 12.9. The van der Waals surface area contributed by atoms with Crippen molar-refractivity contribution >= 4 is 33.2 Å². The number of hydrogen-bond donors (Lipinski definition) is 1. The summed E-state index contributed by atoms with van der Waals surface area (Å²) in [4.78, 5) is 34.9. The van der Waals surface area contributed by atoms with Crippen molar-refractivity contribution in [1.82, 2.24) is 24.4 Å². The Bertz CT molecular complexity index is 1810. The topological polar surface area (TPSA) is 133 Å². The molecule has 3 atom stereocenters. The minimum absolute atomic E-state index is 0.0123. The second-order valence-corrected chi connectivity index (χ2v) is 14.8. The second-order valence-electron chi connectivity index (χ2n) is 12.2. The number of carbonyl (C=O) groups is 2. The van der Waals surface area contributed by atoms with Gasteiger partial charge in [0.05, 0.1) is 31.2 Å². The van der Waals surface area contributed by atoms with E-state index in [9.17, 15) is 22.4 Å². The van der Waals surface area contributed by atoms with E-state index in [1.54, 1.807) is 36.0 Å². The molecule has 1 aliphatic heterocycles. The van der Waals surface area contributed by atoms with Gasteiger partial charge in [-0.2, -0.15) is 5.10 Å². The molecule has 0 saturated carbocycles. The smallest absolute Gasteiger partial charge is 0.264 e. The molecule has 2 amide bonds. The SMILES string of the molecule is COC[C@H]1C[C@@](Cn2cccn2)(C(=O)NS(=O)(=O)c2cccc(F)c2)N(C(=O)c2ccc(C(C)(C)C)c(OC)c2)[C@H]1c1nccs1. The van der Waals surface area contributed by atoms with Gasteiger partial charge < -0.3 is 14.4 Å². The average Bonchev–Trinajstić information content (AvgIpc) is 3.78. The van der Waals surface area contributed by atoms with Crippen LogP contribution in [0, 0.1) is 11.7 Å². The molecule has 2 aromatic carbocycles. The number of carbonyl (C=O) groups excluding carboxylic acids is 2. The number of benzene rings is 2. The number of hydrogen-bond acceptors (Lipinski definition) is 9. The molecule has 0 aliphatic carbocycles. The lowest BCUT2D eigenvalue weighted by molar-refractivity contribution is -0.130. The van der Waals surface area contributed by atoms with E-state index >= 15 is 0 Å². The van der Waals surface area contributed by atoms with Gasteiger partial charge in [-0.3, -0.25) is 14.3 Å². The highest BCUT2D eigenvalue weighted by Gasteiger charge is 2.60. The first-order valence-corrected chi connectivity index (χ1v) is 16.9. The maximum absolute atomic E-state index is 14.9. The maximum atomic E-state index is 14.9. The first-order valence-electron chi connectivity index (χ1n) is 14.5. The van der Waals surface area contributed by atoms with Crippen molar-refractivity contribution < 1.29 is 31.9 Å². The molecule has 0 spiro atoms. The predicted molar refractivity (Wildman–Crippen MR) is 169 cm³/mol. The molecule has 1 fully saturated rings. The van der Waals surface area contributed by atoms with E-state index in [1.165, 1.54) is 53.5 Å². The summed E-state index contributed by atoms with van der Waals surface area (Å²) in [5.41, 5.74) is -0.986. The summed E-state index contributed by atoms with van der Waals surface area (Å²) < 4.78 is 56.0. The van der Waals surface area contributed by atoms with E-state index in [2.05, 4.69) is 14.8 Å². The van der Waals surface area contributed by atoms with Crippen LogP contribution >= 0.6 is 11.3 Å². The largest absolute Gasteiger partial charge is 0.496 e. The highest BCUT2D eigenvalue weighted by molar-refractivity contribution is 7.90. The molecule has 1 N–H and O–H groups in total. The van der Waals surface area contributed by atoms with Crippen molar-refractivity contribution in [3.63, 3.8) is 0 Å². The fourth-order valence-electron chi connectivity index (χ4n) is 6.07. The van der Waals surface area contributed by atoms with Gasteiger partial charge in [-0.25, -0.2) is 22.5 Å². The number of amides is 2. The lowest BCUT2D eigenvalue weighted by Gasteiger charge is -2.39. The Balaban J connectivity index is 1.70. The van der Waals surface area contributed by atoms with E-state index < -0.39 is 50.0 Å². The Hall–Kier alpha value is -4.14. The average molecular weight is 670 g/mol. The Morgan fingerprint density at radius 3 is 2.52 bits per heavy atom. The van der Waals surface area contributed by atoms with Gasteiger partial charge >= 0.3 is 0 Å². The van der Waals surface area contributed by atoms with Crippen molar-refractivity contribution in [2.45, 2.75) is 55.6 Å². The van der Waals surface area contributed by atoms with Crippen LogP contribution in [0.1, 0.15) is 54.2 Å². The zero-order valence-corrected chi connectivity index (χ0v) is 27.8. The molecule has 1 saturated heterocycles. The zero-order chi connectivity index (χ0) is 33.3. The molecule has 0 radical (unpaired) electrons. The Morgan fingerprint density at radius 2 is 1.91 bits per heavy atom. The van der Waals surface area contributed by atoms with Crippen LogP contribution in [0.15, 0.2) is 77.4 Å². The van der Waals surface area contributed by atoms with Gasteiger partial charge in [-0.1, -0.05) is 32.9 Å². The molecular formula is C32H36FN5O6S2.